The van der Waals surface area contributed by atoms with Crippen molar-refractivity contribution in [1.29, 1.82) is 0 Å². The number of para-hydroxylation sites is 1. The van der Waals surface area contributed by atoms with Crippen LogP contribution < -0.4 is 10.5 Å². The van der Waals surface area contributed by atoms with Crippen LogP contribution in [-0.4, -0.2) is 6.10 Å². The number of hydrogen-bond acceptors (Lipinski definition) is 2. The maximum absolute atomic E-state index is 6.14. The number of ether oxygens (including phenoxy) is 1. The average molecular weight is 233 g/mol. The molecular weight excluding hydrogens is 210 g/mol. The lowest BCUT2D eigenvalue weighted by Gasteiger charge is -2.28. The summed E-state index contributed by atoms with van der Waals surface area (Å²) in [5.74, 6) is 1.76. The van der Waals surface area contributed by atoms with Gasteiger partial charge < -0.3 is 10.5 Å². The zero-order valence-electron chi connectivity index (χ0n) is 10.9. The van der Waals surface area contributed by atoms with Gasteiger partial charge in [0.2, 0.25) is 0 Å². The minimum Gasteiger partial charge on any atom is -0.490 e. The Morgan fingerprint density at radius 3 is 2.76 bits per heavy atom. The molecule has 0 aromatic heterocycles. The summed E-state index contributed by atoms with van der Waals surface area (Å²) in [6, 6.07) is 8.18. The first-order valence-corrected chi connectivity index (χ1v) is 6.68. The molecule has 1 fully saturated rings. The van der Waals surface area contributed by atoms with Crippen LogP contribution in [-0.2, 0) is 0 Å². The van der Waals surface area contributed by atoms with Gasteiger partial charge in [0.1, 0.15) is 5.75 Å². The predicted molar refractivity (Wildman–Crippen MR) is 71.1 cm³/mol. The summed E-state index contributed by atoms with van der Waals surface area (Å²) in [5, 5.41) is 0. The normalized spacial score (nSPS) is 26.5. The van der Waals surface area contributed by atoms with E-state index in [0.29, 0.717) is 6.10 Å². The fourth-order valence-corrected chi connectivity index (χ4v) is 2.63. The lowest BCUT2D eigenvalue weighted by molar-refractivity contribution is 0.127. The van der Waals surface area contributed by atoms with Crippen molar-refractivity contribution in [2.45, 2.75) is 51.7 Å². The van der Waals surface area contributed by atoms with Crippen molar-refractivity contribution in [1.82, 2.24) is 0 Å². The molecular formula is C15H23NO. The minimum absolute atomic E-state index is 0.0345. The highest BCUT2D eigenvalue weighted by Gasteiger charge is 2.21. The standard InChI is InChI=1S/C15H23NO/c1-11-6-5-7-13(10-11)17-15-9-4-3-8-14(15)12(2)16/h3-4,8-9,11-13H,5-7,10,16H2,1-2H3. The third-order valence-electron chi connectivity index (χ3n) is 3.59. The molecule has 0 saturated heterocycles. The van der Waals surface area contributed by atoms with E-state index in [9.17, 15) is 0 Å². The van der Waals surface area contributed by atoms with E-state index in [1.807, 2.05) is 25.1 Å². The zero-order chi connectivity index (χ0) is 12.3. The number of hydrogen-bond donors (Lipinski definition) is 1. The van der Waals surface area contributed by atoms with Crippen molar-refractivity contribution < 1.29 is 4.74 Å². The van der Waals surface area contributed by atoms with Crippen molar-refractivity contribution in [3.05, 3.63) is 29.8 Å². The third kappa shape index (κ3) is 3.22. The summed E-state index contributed by atoms with van der Waals surface area (Å²) in [7, 11) is 0. The van der Waals surface area contributed by atoms with Gasteiger partial charge in [0.25, 0.3) is 0 Å². The number of rotatable bonds is 3. The molecule has 0 radical (unpaired) electrons. The summed E-state index contributed by atoms with van der Waals surface area (Å²) in [6.45, 7) is 4.32. The topological polar surface area (TPSA) is 35.2 Å². The van der Waals surface area contributed by atoms with E-state index >= 15 is 0 Å². The van der Waals surface area contributed by atoms with E-state index in [4.69, 9.17) is 10.5 Å². The van der Waals surface area contributed by atoms with Gasteiger partial charge in [-0.15, -0.1) is 0 Å². The summed E-state index contributed by atoms with van der Waals surface area (Å²) in [6.07, 6.45) is 5.35. The molecule has 0 aliphatic heterocycles. The van der Waals surface area contributed by atoms with Gasteiger partial charge in [-0.2, -0.15) is 0 Å². The van der Waals surface area contributed by atoms with Crippen LogP contribution in [0.3, 0.4) is 0 Å². The molecule has 94 valence electrons. The van der Waals surface area contributed by atoms with Crippen LogP contribution in [0.5, 0.6) is 5.75 Å². The Hall–Kier alpha value is -1.02. The van der Waals surface area contributed by atoms with Gasteiger partial charge >= 0.3 is 0 Å². The van der Waals surface area contributed by atoms with E-state index < -0.39 is 0 Å². The maximum Gasteiger partial charge on any atom is 0.124 e. The Morgan fingerprint density at radius 1 is 1.29 bits per heavy atom. The Morgan fingerprint density at radius 2 is 2.06 bits per heavy atom. The summed E-state index contributed by atoms with van der Waals surface area (Å²) in [5.41, 5.74) is 7.08. The van der Waals surface area contributed by atoms with Gasteiger partial charge in [0.15, 0.2) is 0 Å². The van der Waals surface area contributed by atoms with Crippen molar-refractivity contribution in [3.8, 4) is 5.75 Å². The smallest absolute Gasteiger partial charge is 0.124 e. The molecule has 1 saturated carbocycles. The fraction of sp³-hybridized carbons (Fsp3) is 0.600. The summed E-state index contributed by atoms with van der Waals surface area (Å²) < 4.78 is 6.14. The van der Waals surface area contributed by atoms with Crippen LogP contribution in [0, 0.1) is 5.92 Å². The highest BCUT2D eigenvalue weighted by atomic mass is 16.5. The third-order valence-corrected chi connectivity index (χ3v) is 3.59. The SMILES string of the molecule is CC1CCCC(Oc2ccccc2C(C)N)C1. The quantitative estimate of drug-likeness (QED) is 0.864. The molecule has 0 bridgehead atoms. The molecule has 2 nitrogen and oxygen atoms in total. The number of benzene rings is 1. The first kappa shape index (κ1) is 12.4. The number of nitrogens with two attached hydrogens (primary N) is 1. The average Bonchev–Trinajstić information content (AvgIpc) is 2.29. The van der Waals surface area contributed by atoms with Crippen molar-refractivity contribution in [3.63, 3.8) is 0 Å². The molecule has 17 heavy (non-hydrogen) atoms. The minimum atomic E-state index is 0.0345. The predicted octanol–water partition coefficient (Wildman–Crippen LogP) is 3.66. The monoisotopic (exact) mass is 233 g/mol. The largest absolute Gasteiger partial charge is 0.490 e. The van der Waals surface area contributed by atoms with Crippen molar-refractivity contribution in [2.24, 2.45) is 11.7 Å². The maximum atomic E-state index is 6.14. The molecule has 0 amide bonds. The molecule has 2 heteroatoms. The van der Waals surface area contributed by atoms with E-state index in [0.717, 1.165) is 17.2 Å². The highest BCUT2D eigenvalue weighted by molar-refractivity contribution is 5.35. The van der Waals surface area contributed by atoms with Crippen molar-refractivity contribution >= 4 is 0 Å². The second-order valence-electron chi connectivity index (χ2n) is 5.34. The van der Waals surface area contributed by atoms with Gasteiger partial charge in [-0.3, -0.25) is 0 Å². The first-order valence-electron chi connectivity index (χ1n) is 6.68. The highest BCUT2D eigenvalue weighted by Crippen LogP contribution is 2.30. The van der Waals surface area contributed by atoms with Crippen LogP contribution in [0.4, 0.5) is 0 Å². The van der Waals surface area contributed by atoms with Crippen LogP contribution in [0.25, 0.3) is 0 Å². The lowest BCUT2D eigenvalue weighted by atomic mass is 9.88. The van der Waals surface area contributed by atoms with Crippen LogP contribution >= 0.6 is 0 Å². The second-order valence-corrected chi connectivity index (χ2v) is 5.34. The molecule has 3 atom stereocenters. The molecule has 1 aromatic rings. The van der Waals surface area contributed by atoms with E-state index in [-0.39, 0.29) is 6.04 Å². The molecule has 0 heterocycles. The summed E-state index contributed by atoms with van der Waals surface area (Å²) >= 11 is 0. The lowest BCUT2D eigenvalue weighted by Crippen LogP contribution is -2.25. The van der Waals surface area contributed by atoms with Gasteiger partial charge in [-0.05, 0) is 38.2 Å². The first-order chi connectivity index (χ1) is 8.16. The molecule has 1 aromatic carbocycles. The Kier molecular flexibility index (Phi) is 4.06. The van der Waals surface area contributed by atoms with E-state index in [1.54, 1.807) is 0 Å². The zero-order valence-corrected chi connectivity index (χ0v) is 10.9. The second kappa shape index (κ2) is 5.54. The van der Waals surface area contributed by atoms with Crippen LogP contribution in [0.1, 0.15) is 51.1 Å². The Labute approximate surface area is 104 Å². The van der Waals surface area contributed by atoms with Crippen LogP contribution in [0.15, 0.2) is 24.3 Å². The summed E-state index contributed by atoms with van der Waals surface area (Å²) in [4.78, 5) is 0. The van der Waals surface area contributed by atoms with E-state index in [2.05, 4.69) is 13.0 Å². The molecule has 3 unspecified atom stereocenters. The van der Waals surface area contributed by atoms with Gasteiger partial charge in [0.05, 0.1) is 6.10 Å². The van der Waals surface area contributed by atoms with E-state index in [1.165, 1.54) is 25.7 Å². The Balaban J connectivity index is 2.07. The molecule has 2 rings (SSSR count). The fourth-order valence-electron chi connectivity index (χ4n) is 2.63. The molecule has 0 spiro atoms. The van der Waals surface area contributed by atoms with Gasteiger partial charge in [-0.25, -0.2) is 0 Å². The molecule has 1 aliphatic rings. The Bertz CT molecular complexity index is 362. The van der Waals surface area contributed by atoms with Crippen LogP contribution in [0.2, 0.25) is 0 Å². The molecule has 1 aliphatic carbocycles. The molecule has 2 N–H and O–H groups in total. The van der Waals surface area contributed by atoms with Gasteiger partial charge in [-0.1, -0.05) is 31.5 Å². The van der Waals surface area contributed by atoms with Crippen molar-refractivity contribution in [2.75, 3.05) is 0 Å². The van der Waals surface area contributed by atoms with Gasteiger partial charge in [0, 0.05) is 11.6 Å².